The number of carbonyl (C=O) groups is 2. The van der Waals surface area contributed by atoms with Gasteiger partial charge in [0.15, 0.2) is 0 Å². The molecule has 0 aromatic heterocycles. The molecule has 0 aromatic rings. The molecule has 0 saturated carbocycles. The molecule has 0 N–H and O–H groups in total. The number of hydrogen-bond donors (Lipinski definition) is 0. The summed E-state index contributed by atoms with van der Waals surface area (Å²) in [6, 6.07) is 0. The van der Waals surface area contributed by atoms with E-state index in [9.17, 15) is 9.59 Å². The first kappa shape index (κ1) is 27.4. The fraction of sp³-hybridized carbons (Fsp3) is 0.750. The quantitative estimate of drug-likeness (QED) is 0.161. The van der Waals surface area contributed by atoms with Crippen LogP contribution in [-0.4, -0.2) is 49.7 Å². The summed E-state index contributed by atoms with van der Waals surface area (Å²) in [6.45, 7) is 15.5. The number of rotatable bonds is 19. The smallest absolute Gasteiger partial charge is 0.333 e. The number of nitrogens with zero attached hydrogens (tertiary/aromatic N) is 1. The summed E-state index contributed by atoms with van der Waals surface area (Å²) in [5.41, 5.74) is 0.809. The van der Waals surface area contributed by atoms with Crippen LogP contribution >= 0.6 is 0 Å². The highest BCUT2D eigenvalue weighted by molar-refractivity contribution is 5.87. The Kier molecular flexibility index (Phi) is 17.4. The summed E-state index contributed by atoms with van der Waals surface area (Å²) in [4.78, 5) is 25.2. The summed E-state index contributed by atoms with van der Waals surface area (Å²) in [5.74, 6) is -0.727. The van der Waals surface area contributed by atoms with Crippen LogP contribution in [0.4, 0.5) is 0 Å². The van der Waals surface area contributed by atoms with E-state index in [-0.39, 0.29) is 11.9 Å². The molecule has 0 spiro atoms. The highest BCUT2D eigenvalue weighted by atomic mass is 16.5. The molecule has 168 valence electrons. The standard InChI is InChI=1S/C24H43NO4/c1-6-7-8-9-10-11-12-13-14-15-16-25(17-19-28-23(26)21(2)3)18-20-29-24(27)22(4)5/h2,4,6-20H2,1,3,5H3. The van der Waals surface area contributed by atoms with Gasteiger partial charge in [0.1, 0.15) is 13.2 Å². The molecule has 0 unspecified atom stereocenters. The van der Waals surface area contributed by atoms with E-state index in [1.54, 1.807) is 13.8 Å². The largest absolute Gasteiger partial charge is 0.461 e. The average Bonchev–Trinajstić information content (AvgIpc) is 2.68. The van der Waals surface area contributed by atoms with Gasteiger partial charge in [-0.2, -0.15) is 0 Å². The Labute approximate surface area is 178 Å². The Morgan fingerprint density at radius 3 is 1.41 bits per heavy atom. The van der Waals surface area contributed by atoms with Crippen molar-refractivity contribution in [2.75, 3.05) is 32.8 Å². The Bertz CT molecular complexity index is 455. The molecular formula is C24H43NO4. The molecule has 0 saturated heterocycles. The van der Waals surface area contributed by atoms with E-state index in [4.69, 9.17) is 9.47 Å². The predicted octanol–water partition coefficient (Wildman–Crippen LogP) is 5.45. The van der Waals surface area contributed by atoms with Gasteiger partial charge < -0.3 is 9.47 Å². The van der Waals surface area contributed by atoms with E-state index in [1.165, 1.54) is 57.8 Å². The molecule has 0 radical (unpaired) electrons. The molecule has 0 amide bonds. The molecular weight excluding hydrogens is 366 g/mol. The van der Waals surface area contributed by atoms with Crippen LogP contribution in [-0.2, 0) is 19.1 Å². The zero-order valence-electron chi connectivity index (χ0n) is 19.1. The maximum absolute atomic E-state index is 11.5. The molecule has 0 aliphatic rings. The lowest BCUT2D eigenvalue weighted by Crippen LogP contribution is -2.33. The van der Waals surface area contributed by atoms with Crippen LogP contribution in [0.3, 0.4) is 0 Å². The molecule has 0 fully saturated rings. The number of esters is 2. The summed E-state index contributed by atoms with van der Waals surface area (Å²) in [5, 5.41) is 0. The van der Waals surface area contributed by atoms with Crippen molar-refractivity contribution in [2.24, 2.45) is 0 Å². The first-order chi connectivity index (χ1) is 13.9. The second-order valence-corrected chi connectivity index (χ2v) is 7.86. The monoisotopic (exact) mass is 409 g/mol. The zero-order valence-corrected chi connectivity index (χ0v) is 19.1. The van der Waals surface area contributed by atoms with Gasteiger partial charge in [-0.25, -0.2) is 9.59 Å². The molecule has 0 heterocycles. The van der Waals surface area contributed by atoms with E-state index < -0.39 is 0 Å². The topological polar surface area (TPSA) is 55.8 Å². The van der Waals surface area contributed by atoms with Crippen LogP contribution < -0.4 is 0 Å². The van der Waals surface area contributed by atoms with Crippen molar-refractivity contribution in [3.05, 3.63) is 24.3 Å². The molecule has 5 heteroatoms. The molecule has 0 aliphatic carbocycles. The summed E-state index contributed by atoms with van der Waals surface area (Å²) >= 11 is 0. The lowest BCUT2D eigenvalue weighted by molar-refractivity contribution is -0.139. The van der Waals surface area contributed by atoms with Crippen molar-refractivity contribution in [3.8, 4) is 0 Å². The zero-order chi connectivity index (χ0) is 21.9. The summed E-state index contributed by atoms with van der Waals surface area (Å²) in [7, 11) is 0. The Hall–Kier alpha value is -1.62. The van der Waals surface area contributed by atoms with Crippen LogP contribution in [0, 0.1) is 0 Å². The minimum Gasteiger partial charge on any atom is -0.461 e. The number of hydrogen-bond acceptors (Lipinski definition) is 5. The Morgan fingerprint density at radius 2 is 1.03 bits per heavy atom. The maximum atomic E-state index is 11.5. The summed E-state index contributed by atoms with van der Waals surface area (Å²) in [6.07, 6.45) is 12.9. The third-order valence-electron chi connectivity index (χ3n) is 4.81. The van der Waals surface area contributed by atoms with Gasteiger partial charge in [0.25, 0.3) is 0 Å². The van der Waals surface area contributed by atoms with Crippen molar-refractivity contribution in [1.82, 2.24) is 4.90 Å². The van der Waals surface area contributed by atoms with Crippen molar-refractivity contribution in [1.29, 1.82) is 0 Å². The van der Waals surface area contributed by atoms with Gasteiger partial charge in [-0.3, -0.25) is 4.90 Å². The minimum atomic E-state index is -0.363. The van der Waals surface area contributed by atoms with Gasteiger partial charge in [0.2, 0.25) is 0 Å². The van der Waals surface area contributed by atoms with E-state index in [1.807, 2.05) is 0 Å². The van der Waals surface area contributed by atoms with Gasteiger partial charge in [0, 0.05) is 24.2 Å². The number of ether oxygens (including phenoxy) is 2. The van der Waals surface area contributed by atoms with Crippen molar-refractivity contribution < 1.29 is 19.1 Å². The van der Waals surface area contributed by atoms with Crippen LogP contribution in [0.25, 0.3) is 0 Å². The number of carbonyl (C=O) groups excluding carboxylic acids is 2. The van der Waals surface area contributed by atoms with Crippen LogP contribution in [0.2, 0.25) is 0 Å². The second kappa shape index (κ2) is 18.4. The van der Waals surface area contributed by atoms with E-state index in [0.717, 1.165) is 13.0 Å². The Balaban J connectivity index is 4.03. The molecule has 0 atom stereocenters. The molecule has 29 heavy (non-hydrogen) atoms. The number of unbranched alkanes of at least 4 members (excludes halogenated alkanes) is 9. The van der Waals surface area contributed by atoms with Gasteiger partial charge in [-0.05, 0) is 26.8 Å². The van der Waals surface area contributed by atoms with Gasteiger partial charge in [0.05, 0.1) is 0 Å². The lowest BCUT2D eigenvalue weighted by Gasteiger charge is -2.22. The first-order valence-corrected chi connectivity index (χ1v) is 11.3. The predicted molar refractivity (Wildman–Crippen MR) is 120 cm³/mol. The van der Waals surface area contributed by atoms with E-state index in [0.29, 0.717) is 37.4 Å². The fourth-order valence-corrected chi connectivity index (χ4v) is 2.94. The Morgan fingerprint density at radius 1 is 0.655 bits per heavy atom. The van der Waals surface area contributed by atoms with Gasteiger partial charge in [-0.15, -0.1) is 0 Å². The molecule has 0 rings (SSSR count). The minimum absolute atomic E-state index is 0.317. The van der Waals surface area contributed by atoms with Crippen molar-refractivity contribution in [2.45, 2.75) is 85.0 Å². The van der Waals surface area contributed by atoms with Gasteiger partial charge in [-0.1, -0.05) is 77.9 Å². The fourth-order valence-electron chi connectivity index (χ4n) is 2.94. The molecule has 5 nitrogen and oxygen atoms in total. The summed E-state index contributed by atoms with van der Waals surface area (Å²) < 4.78 is 10.4. The SMILES string of the molecule is C=C(C)C(=O)OCCN(CCCCCCCCCCCC)CCOC(=O)C(=C)C. The lowest BCUT2D eigenvalue weighted by atomic mass is 10.1. The second-order valence-electron chi connectivity index (χ2n) is 7.86. The van der Waals surface area contributed by atoms with Crippen LogP contribution in [0.5, 0.6) is 0 Å². The highest BCUT2D eigenvalue weighted by Crippen LogP contribution is 2.11. The van der Waals surface area contributed by atoms with Crippen molar-refractivity contribution >= 4 is 11.9 Å². The molecule has 0 aromatic carbocycles. The highest BCUT2D eigenvalue weighted by Gasteiger charge is 2.10. The molecule has 0 bridgehead atoms. The maximum Gasteiger partial charge on any atom is 0.333 e. The third kappa shape index (κ3) is 17.0. The van der Waals surface area contributed by atoms with Gasteiger partial charge >= 0.3 is 11.9 Å². The van der Waals surface area contributed by atoms with Crippen LogP contribution in [0.15, 0.2) is 24.3 Å². The van der Waals surface area contributed by atoms with Crippen LogP contribution in [0.1, 0.15) is 85.0 Å². The normalized spacial score (nSPS) is 10.8. The first-order valence-electron chi connectivity index (χ1n) is 11.3. The third-order valence-corrected chi connectivity index (χ3v) is 4.81. The average molecular weight is 410 g/mol. The van der Waals surface area contributed by atoms with Crippen molar-refractivity contribution in [3.63, 3.8) is 0 Å². The molecule has 0 aliphatic heterocycles. The van der Waals surface area contributed by atoms with E-state index >= 15 is 0 Å². The van der Waals surface area contributed by atoms with E-state index in [2.05, 4.69) is 25.0 Å².